The van der Waals surface area contributed by atoms with E-state index in [9.17, 15) is 0 Å². The highest BCUT2D eigenvalue weighted by Crippen LogP contribution is 2.22. The molecular formula is C17H16O. The summed E-state index contributed by atoms with van der Waals surface area (Å²) in [5.74, 6) is 0. The summed E-state index contributed by atoms with van der Waals surface area (Å²) >= 11 is 0. The largest absolute Gasteiger partial charge is 0.464 e. The van der Waals surface area contributed by atoms with Gasteiger partial charge in [-0.25, -0.2) is 0 Å². The lowest BCUT2D eigenvalue weighted by Crippen LogP contribution is -1.88. The molecule has 0 fully saturated rings. The maximum Gasteiger partial charge on any atom is 0.134 e. The molecule has 0 saturated heterocycles. The lowest BCUT2D eigenvalue weighted by atomic mass is 10.0. The zero-order chi connectivity index (χ0) is 12.2. The SMILES string of the molecule is c1ccc(CCCc2coc3ccccc23)cc1. The van der Waals surface area contributed by atoms with Crippen LogP contribution in [0.15, 0.2) is 65.3 Å². The van der Waals surface area contributed by atoms with Crippen molar-refractivity contribution < 1.29 is 4.42 Å². The maximum atomic E-state index is 5.55. The van der Waals surface area contributed by atoms with Crippen molar-refractivity contribution in [2.75, 3.05) is 0 Å². The maximum absolute atomic E-state index is 5.55. The number of furan rings is 1. The van der Waals surface area contributed by atoms with Gasteiger partial charge in [-0.05, 0) is 36.5 Å². The summed E-state index contributed by atoms with van der Waals surface area (Å²) in [5, 5.41) is 1.26. The van der Waals surface area contributed by atoms with Crippen molar-refractivity contribution in [3.63, 3.8) is 0 Å². The zero-order valence-electron chi connectivity index (χ0n) is 10.3. The molecule has 1 heterocycles. The molecule has 1 aromatic heterocycles. The lowest BCUT2D eigenvalue weighted by molar-refractivity contribution is 0.608. The van der Waals surface area contributed by atoms with Gasteiger partial charge in [0.25, 0.3) is 0 Å². The van der Waals surface area contributed by atoms with E-state index in [1.54, 1.807) is 0 Å². The molecule has 3 rings (SSSR count). The Hall–Kier alpha value is -2.02. The highest BCUT2D eigenvalue weighted by molar-refractivity contribution is 5.80. The Balaban J connectivity index is 1.67. The molecule has 0 bridgehead atoms. The molecule has 0 aliphatic carbocycles. The molecule has 0 atom stereocenters. The second-order valence-electron chi connectivity index (χ2n) is 4.60. The first-order valence-corrected chi connectivity index (χ1v) is 6.42. The highest BCUT2D eigenvalue weighted by atomic mass is 16.3. The van der Waals surface area contributed by atoms with Crippen LogP contribution in [0, 0.1) is 0 Å². The fourth-order valence-corrected chi connectivity index (χ4v) is 2.35. The number of hydrogen-bond acceptors (Lipinski definition) is 1. The van der Waals surface area contributed by atoms with E-state index in [-0.39, 0.29) is 0 Å². The predicted octanol–water partition coefficient (Wildman–Crippen LogP) is 4.61. The van der Waals surface area contributed by atoms with Gasteiger partial charge < -0.3 is 4.42 Å². The number of hydrogen-bond donors (Lipinski definition) is 0. The van der Waals surface area contributed by atoms with Crippen molar-refractivity contribution in [3.8, 4) is 0 Å². The molecule has 2 aromatic carbocycles. The minimum Gasteiger partial charge on any atom is -0.464 e. The molecule has 90 valence electrons. The molecule has 0 amide bonds. The fourth-order valence-electron chi connectivity index (χ4n) is 2.35. The summed E-state index contributed by atoms with van der Waals surface area (Å²) < 4.78 is 5.55. The monoisotopic (exact) mass is 236 g/mol. The van der Waals surface area contributed by atoms with Crippen molar-refractivity contribution >= 4 is 11.0 Å². The van der Waals surface area contributed by atoms with Gasteiger partial charge in [-0.3, -0.25) is 0 Å². The van der Waals surface area contributed by atoms with Crippen LogP contribution in [-0.4, -0.2) is 0 Å². The second-order valence-corrected chi connectivity index (χ2v) is 4.60. The molecule has 0 spiro atoms. The Morgan fingerprint density at radius 2 is 1.56 bits per heavy atom. The number of para-hydroxylation sites is 1. The van der Waals surface area contributed by atoms with E-state index < -0.39 is 0 Å². The van der Waals surface area contributed by atoms with E-state index in [0.717, 1.165) is 24.8 Å². The predicted molar refractivity (Wildman–Crippen MR) is 74.7 cm³/mol. The van der Waals surface area contributed by atoms with Crippen molar-refractivity contribution in [2.45, 2.75) is 19.3 Å². The quantitative estimate of drug-likeness (QED) is 0.644. The highest BCUT2D eigenvalue weighted by Gasteiger charge is 2.04. The summed E-state index contributed by atoms with van der Waals surface area (Å²) in [7, 11) is 0. The summed E-state index contributed by atoms with van der Waals surface area (Å²) in [6.45, 7) is 0. The smallest absolute Gasteiger partial charge is 0.134 e. The van der Waals surface area contributed by atoms with Crippen molar-refractivity contribution in [2.24, 2.45) is 0 Å². The molecule has 18 heavy (non-hydrogen) atoms. The van der Waals surface area contributed by atoms with Crippen LogP contribution in [0.4, 0.5) is 0 Å². The summed E-state index contributed by atoms with van der Waals surface area (Å²) in [5.41, 5.74) is 3.72. The Bertz CT molecular complexity index is 622. The molecule has 0 saturated carbocycles. The van der Waals surface area contributed by atoms with Gasteiger partial charge in [0.1, 0.15) is 5.58 Å². The Morgan fingerprint density at radius 1 is 0.778 bits per heavy atom. The van der Waals surface area contributed by atoms with Gasteiger partial charge in [0.15, 0.2) is 0 Å². The van der Waals surface area contributed by atoms with Crippen LogP contribution >= 0.6 is 0 Å². The number of rotatable bonds is 4. The third-order valence-corrected chi connectivity index (χ3v) is 3.32. The Morgan fingerprint density at radius 3 is 2.44 bits per heavy atom. The van der Waals surface area contributed by atoms with E-state index in [4.69, 9.17) is 4.42 Å². The number of benzene rings is 2. The van der Waals surface area contributed by atoms with E-state index in [1.807, 2.05) is 18.4 Å². The minimum atomic E-state index is 0.993. The van der Waals surface area contributed by atoms with E-state index in [0.29, 0.717) is 0 Å². The summed E-state index contributed by atoms with van der Waals surface area (Å²) in [6, 6.07) is 18.9. The molecular weight excluding hydrogens is 220 g/mol. The summed E-state index contributed by atoms with van der Waals surface area (Å²) in [4.78, 5) is 0. The van der Waals surface area contributed by atoms with Gasteiger partial charge in [-0.1, -0.05) is 48.5 Å². The first kappa shape index (κ1) is 11.1. The molecule has 0 unspecified atom stereocenters. The number of aryl methyl sites for hydroxylation is 2. The van der Waals surface area contributed by atoms with Crippen LogP contribution in [0.25, 0.3) is 11.0 Å². The second kappa shape index (κ2) is 5.09. The zero-order valence-corrected chi connectivity index (χ0v) is 10.3. The van der Waals surface area contributed by atoms with E-state index in [1.165, 1.54) is 16.5 Å². The molecule has 1 heteroatoms. The summed E-state index contributed by atoms with van der Waals surface area (Å²) in [6.07, 6.45) is 5.26. The van der Waals surface area contributed by atoms with Crippen LogP contribution in [0.2, 0.25) is 0 Å². The minimum absolute atomic E-state index is 0.993. The lowest BCUT2D eigenvalue weighted by Gasteiger charge is -2.00. The fraction of sp³-hybridized carbons (Fsp3) is 0.176. The van der Waals surface area contributed by atoms with Gasteiger partial charge in [0.2, 0.25) is 0 Å². The first-order chi connectivity index (χ1) is 8.93. The molecule has 0 N–H and O–H groups in total. The van der Waals surface area contributed by atoms with Crippen molar-refractivity contribution in [1.29, 1.82) is 0 Å². The topological polar surface area (TPSA) is 13.1 Å². The van der Waals surface area contributed by atoms with Crippen LogP contribution in [0.1, 0.15) is 17.5 Å². The molecule has 0 aliphatic rings. The van der Waals surface area contributed by atoms with Crippen molar-refractivity contribution in [1.82, 2.24) is 0 Å². The molecule has 1 nitrogen and oxygen atoms in total. The third kappa shape index (κ3) is 2.30. The van der Waals surface area contributed by atoms with Gasteiger partial charge >= 0.3 is 0 Å². The number of fused-ring (bicyclic) bond motifs is 1. The Labute approximate surface area is 107 Å². The third-order valence-electron chi connectivity index (χ3n) is 3.32. The van der Waals surface area contributed by atoms with Gasteiger partial charge in [-0.15, -0.1) is 0 Å². The van der Waals surface area contributed by atoms with Crippen LogP contribution < -0.4 is 0 Å². The molecule has 3 aromatic rings. The van der Waals surface area contributed by atoms with Crippen LogP contribution in [-0.2, 0) is 12.8 Å². The van der Waals surface area contributed by atoms with E-state index >= 15 is 0 Å². The van der Waals surface area contributed by atoms with Gasteiger partial charge in [-0.2, -0.15) is 0 Å². The van der Waals surface area contributed by atoms with Crippen LogP contribution in [0.3, 0.4) is 0 Å². The van der Waals surface area contributed by atoms with Gasteiger partial charge in [0, 0.05) is 5.39 Å². The average molecular weight is 236 g/mol. The van der Waals surface area contributed by atoms with Gasteiger partial charge in [0.05, 0.1) is 6.26 Å². The van der Waals surface area contributed by atoms with E-state index in [2.05, 4.69) is 42.5 Å². The average Bonchev–Trinajstić information content (AvgIpc) is 2.84. The normalized spacial score (nSPS) is 10.9. The Kier molecular flexibility index (Phi) is 3.14. The molecule has 0 aliphatic heterocycles. The van der Waals surface area contributed by atoms with Crippen LogP contribution in [0.5, 0.6) is 0 Å². The standard InChI is InChI=1S/C17H16O/c1-2-7-14(8-3-1)9-6-10-15-13-18-17-12-5-4-11-16(15)17/h1-5,7-8,11-13H,6,9-10H2. The van der Waals surface area contributed by atoms with Crippen molar-refractivity contribution in [3.05, 3.63) is 72.0 Å². The first-order valence-electron chi connectivity index (χ1n) is 6.42. The molecule has 0 radical (unpaired) electrons.